The average Bonchev–Trinajstić information content (AvgIpc) is 3.36. The lowest BCUT2D eigenvalue weighted by Crippen LogP contribution is -2.34. The number of phenols is 1. The quantitative estimate of drug-likeness (QED) is 0.606. The fraction of sp³-hybridized carbons (Fsp3) is 0.450. The van der Waals surface area contributed by atoms with Gasteiger partial charge < -0.3 is 20.2 Å². The minimum absolute atomic E-state index is 0.000972. The number of hydrogen-bond acceptors (Lipinski definition) is 5. The van der Waals surface area contributed by atoms with Gasteiger partial charge in [-0.05, 0) is 55.9 Å². The number of furan rings is 1. The van der Waals surface area contributed by atoms with Crippen LogP contribution in [0.2, 0.25) is 5.02 Å². The molecule has 1 atom stereocenters. The first-order chi connectivity index (χ1) is 13.9. The maximum atomic E-state index is 13.0. The lowest BCUT2D eigenvalue weighted by atomic mass is 9.94. The third kappa shape index (κ3) is 3.83. The molecule has 1 saturated carbocycles. The molecule has 1 aromatic heterocycles. The van der Waals surface area contributed by atoms with Crippen molar-refractivity contribution in [3.05, 3.63) is 40.8 Å². The molecule has 0 aliphatic heterocycles. The van der Waals surface area contributed by atoms with Gasteiger partial charge in [0.25, 0.3) is 0 Å². The number of fused-ring (bicyclic) bond motifs is 1. The van der Waals surface area contributed by atoms with E-state index in [-0.39, 0.29) is 21.6 Å². The van der Waals surface area contributed by atoms with Crippen LogP contribution >= 0.6 is 11.6 Å². The molecule has 0 bridgehead atoms. The topological polar surface area (TPSA) is 109 Å². The highest BCUT2D eigenvalue weighted by Crippen LogP contribution is 2.41. The molecule has 0 radical (unpaired) electrons. The van der Waals surface area contributed by atoms with E-state index in [2.05, 4.69) is 10.6 Å². The minimum Gasteiger partial charge on any atom is -0.504 e. The molecule has 2 aliphatic rings. The number of aromatic hydroxyl groups is 1. The summed E-state index contributed by atoms with van der Waals surface area (Å²) in [5.41, 5.74) is 1.07. The van der Waals surface area contributed by atoms with E-state index < -0.39 is 26.9 Å². The molecular formula is C20H23ClN2O5S. The van der Waals surface area contributed by atoms with Crippen LogP contribution in [0.5, 0.6) is 5.75 Å². The second-order valence-electron chi connectivity index (χ2n) is 7.58. The summed E-state index contributed by atoms with van der Waals surface area (Å²) in [6.45, 7) is 0. The molecule has 0 spiro atoms. The monoisotopic (exact) mass is 438 g/mol. The van der Waals surface area contributed by atoms with E-state index in [9.17, 15) is 18.3 Å². The number of hydrogen-bond donors (Lipinski definition) is 3. The van der Waals surface area contributed by atoms with E-state index in [1.54, 1.807) is 6.26 Å². The van der Waals surface area contributed by atoms with Crippen molar-refractivity contribution >= 4 is 33.2 Å². The van der Waals surface area contributed by atoms with Gasteiger partial charge in [0.2, 0.25) is 0 Å². The Labute approximate surface area is 174 Å². The van der Waals surface area contributed by atoms with Crippen molar-refractivity contribution in [3.63, 3.8) is 0 Å². The number of aryl methyl sites for hydroxylation is 1. The summed E-state index contributed by atoms with van der Waals surface area (Å²) in [5, 5.41) is 15.4. The van der Waals surface area contributed by atoms with Gasteiger partial charge in [0.15, 0.2) is 15.6 Å². The van der Waals surface area contributed by atoms with Crippen LogP contribution in [0.3, 0.4) is 0 Å². The van der Waals surface area contributed by atoms with Crippen LogP contribution < -0.4 is 10.6 Å². The van der Waals surface area contributed by atoms with E-state index in [0.717, 1.165) is 43.4 Å². The first kappa shape index (κ1) is 20.1. The Bertz CT molecular complexity index is 1030. The maximum absolute atomic E-state index is 13.0. The van der Waals surface area contributed by atoms with Crippen molar-refractivity contribution in [2.75, 3.05) is 5.32 Å². The SMILES string of the molecule is O=C(Nc1ccc(Cl)c(S(=O)(=O)C2CCCC2)c1O)NC1CCCc2ccoc21. The molecule has 2 aromatic rings. The van der Waals surface area contributed by atoms with Crippen LogP contribution in [0.1, 0.15) is 55.9 Å². The third-order valence-electron chi connectivity index (χ3n) is 5.70. The zero-order valence-electron chi connectivity index (χ0n) is 15.8. The Balaban J connectivity index is 1.55. The summed E-state index contributed by atoms with van der Waals surface area (Å²) in [6, 6.07) is 3.84. The summed E-state index contributed by atoms with van der Waals surface area (Å²) < 4.78 is 31.4. The molecule has 156 valence electrons. The largest absolute Gasteiger partial charge is 0.504 e. The van der Waals surface area contributed by atoms with Gasteiger partial charge in [-0.1, -0.05) is 24.4 Å². The molecule has 1 unspecified atom stereocenters. The number of anilines is 1. The van der Waals surface area contributed by atoms with Gasteiger partial charge >= 0.3 is 6.03 Å². The van der Waals surface area contributed by atoms with Gasteiger partial charge in [-0.15, -0.1) is 0 Å². The lowest BCUT2D eigenvalue weighted by Gasteiger charge is -2.22. The van der Waals surface area contributed by atoms with Crippen molar-refractivity contribution in [3.8, 4) is 5.75 Å². The second kappa shape index (κ2) is 7.91. The molecule has 29 heavy (non-hydrogen) atoms. The Morgan fingerprint density at radius 2 is 1.90 bits per heavy atom. The number of phenolic OH excluding ortho intramolecular Hbond substituents is 1. The van der Waals surface area contributed by atoms with E-state index in [0.29, 0.717) is 12.8 Å². The van der Waals surface area contributed by atoms with Gasteiger partial charge in [0, 0.05) is 0 Å². The molecular weight excluding hydrogens is 416 g/mol. The summed E-state index contributed by atoms with van der Waals surface area (Å²) >= 11 is 6.12. The summed E-state index contributed by atoms with van der Waals surface area (Å²) in [5.74, 6) is 0.207. The fourth-order valence-corrected chi connectivity index (χ4v) is 6.71. The van der Waals surface area contributed by atoms with Crippen molar-refractivity contribution in [1.82, 2.24) is 5.32 Å². The minimum atomic E-state index is -3.79. The van der Waals surface area contributed by atoms with Crippen molar-refractivity contribution in [2.24, 2.45) is 0 Å². The molecule has 1 aromatic carbocycles. The van der Waals surface area contributed by atoms with Crippen LogP contribution in [0.15, 0.2) is 33.8 Å². The van der Waals surface area contributed by atoms with Gasteiger partial charge in [-0.3, -0.25) is 0 Å². The normalized spacial score (nSPS) is 19.7. The van der Waals surface area contributed by atoms with E-state index in [1.807, 2.05) is 6.07 Å². The molecule has 2 amide bonds. The number of urea groups is 1. The number of nitrogens with one attached hydrogen (secondary N) is 2. The average molecular weight is 439 g/mol. The number of rotatable bonds is 4. The summed E-state index contributed by atoms with van der Waals surface area (Å²) in [6.07, 6.45) is 6.93. The summed E-state index contributed by atoms with van der Waals surface area (Å²) in [4.78, 5) is 12.2. The number of halogens is 1. The van der Waals surface area contributed by atoms with Crippen molar-refractivity contribution < 1.29 is 22.7 Å². The molecule has 0 saturated heterocycles. The Kier molecular flexibility index (Phi) is 5.48. The zero-order chi connectivity index (χ0) is 20.6. The van der Waals surface area contributed by atoms with Gasteiger partial charge in [0.1, 0.15) is 10.7 Å². The van der Waals surface area contributed by atoms with Crippen LogP contribution in [0.25, 0.3) is 0 Å². The molecule has 3 N–H and O–H groups in total. The Morgan fingerprint density at radius 1 is 1.14 bits per heavy atom. The predicted octanol–water partition coefficient (Wildman–Crippen LogP) is 4.55. The number of sulfone groups is 1. The predicted molar refractivity (Wildman–Crippen MR) is 109 cm³/mol. The molecule has 4 rings (SSSR count). The van der Waals surface area contributed by atoms with Crippen molar-refractivity contribution in [1.29, 1.82) is 0 Å². The van der Waals surface area contributed by atoms with Gasteiger partial charge in [0.05, 0.1) is 28.3 Å². The highest BCUT2D eigenvalue weighted by molar-refractivity contribution is 7.92. The molecule has 2 aliphatic carbocycles. The van der Waals surface area contributed by atoms with Crippen LogP contribution in [-0.2, 0) is 16.3 Å². The molecule has 1 fully saturated rings. The van der Waals surface area contributed by atoms with E-state index >= 15 is 0 Å². The van der Waals surface area contributed by atoms with Gasteiger partial charge in [-0.25, -0.2) is 13.2 Å². The van der Waals surface area contributed by atoms with Crippen molar-refractivity contribution in [2.45, 2.75) is 61.1 Å². The van der Waals surface area contributed by atoms with Crippen LogP contribution in [0.4, 0.5) is 10.5 Å². The third-order valence-corrected chi connectivity index (χ3v) is 8.46. The van der Waals surface area contributed by atoms with Crippen LogP contribution in [0, 0.1) is 0 Å². The highest BCUT2D eigenvalue weighted by Gasteiger charge is 2.35. The van der Waals surface area contributed by atoms with Crippen LogP contribution in [-0.4, -0.2) is 24.8 Å². The smallest absolute Gasteiger partial charge is 0.319 e. The van der Waals surface area contributed by atoms with E-state index in [1.165, 1.54) is 12.1 Å². The standard InChI is InChI=1S/C20H23ClN2O5S/c21-14-8-9-15(17(24)19(14)29(26,27)13-5-1-2-6-13)22-20(25)23-16-7-3-4-12-10-11-28-18(12)16/h8-11,13,16,24H,1-7H2,(H2,22,23,25). The second-order valence-corrected chi connectivity index (χ2v) is 10.1. The molecule has 9 heteroatoms. The number of carbonyl (C=O) groups is 1. The Hall–Kier alpha value is -2.19. The maximum Gasteiger partial charge on any atom is 0.319 e. The Morgan fingerprint density at radius 3 is 2.66 bits per heavy atom. The molecule has 1 heterocycles. The lowest BCUT2D eigenvalue weighted by molar-refractivity contribution is 0.244. The number of carbonyl (C=O) groups excluding carboxylic acids is 1. The highest BCUT2D eigenvalue weighted by atomic mass is 35.5. The summed E-state index contributed by atoms with van der Waals surface area (Å²) in [7, 11) is -3.79. The van der Waals surface area contributed by atoms with Gasteiger partial charge in [-0.2, -0.15) is 0 Å². The fourth-order valence-electron chi connectivity index (χ4n) is 4.23. The first-order valence-electron chi connectivity index (χ1n) is 9.77. The number of amides is 2. The molecule has 7 nitrogen and oxygen atoms in total. The number of benzene rings is 1. The zero-order valence-corrected chi connectivity index (χ0v) is 17.4. The first-order valence-corrected chi connectivity index (χ1v) is 11.7. The van der Waals surface area contributed by atoms with E-state index in [4.69, 9.17) is 16.0 Å².